The molecule has 1 atom stereocenters. The molecule has 2 amide bonds. The molecule has 0 aliphatic carbocycles. The zero-order chi connectivity index (χ0) is 19.5. The molecule has 0 spiro atoms. The summed E-state index contributed by atoms with van der Waals surface area (Å²) in [5, 5.41) is 11.6. The maximum atomic E-state index is 12.4. The number of benzene rings is 1. The zero-order valence-electron chi connectivity index (χ0n) is 13.8. The highest BCUT2D eigenvalue weighted by Gasteiger charge is 2.40. The number of nitrogens with one attached hydrogen (secondary N) is 1. The average molecular weight is 374 g/mol. The van der Waals surface area contributed by atoms with Crippen LogP contribution in [0.15, 0.2) is 18.2 Å². The normalized spacial score (nSPS) is 17.5. The number of alkyl halides is 3. The molecule has 0 saturated carbocycles. The molecule has 0 radical (unpaired) electrons. The molecule has 0 bridgehead atoms. The molecule has 1 aliphatic heterocycles. The van der Waals surface area contributed by atoms with E-state index < -0.39 is 36.4 Å². The third-order valence-corrected chi connectivity index (χ3v) is 3.77. The lowest BCUT2D eigenvalue weighted by Crippen LogP contribution is -2.36. The molecule has 1 fully saturated rings. The van der Waals surface area contributed by atoms with Crippen molar-refractivity contribution in [3.05, 3.63) is 29.3 Å². The van der Waals surface area contributed by atoms with Crippen molar-refractivity contribution in [3.8, 4) is 0 Å². The lowest BCUT2D eigenvalue weighted by molar-refractivity contribution is -0.157. The molecule has 2 N–H and O–H groups in total. The van der Waals surface area contributed by atoms with Crippen LogP contribution >= 0.6 is 0 Å². The van der Waals surface area contributed by atoms with E-state index in [0.29, 0.717) is 10.5 Å². The van der Waals surface area contributed by atoms with Crippen LogP contribution in [-0.2, 0) is 20.9 Å². The summed E-state index contributed by atoms with van der Waals surface area (Å²) in [6.07, 6.45) is -4.86. The van der Waals surface area contributed by atoms with E-state index in [1.807, 2.05) is 0 Å². The van der Waals surface area contributed by atoms with Gasteiger partial charge in [0.15, 0.2) is 0 Å². The summed E-state index contributed by atoms with van der Waals surface area (Å²) in [7, 11) is 1.42. The van der Waals surface area contributed by atoms with Gasteiger partial charge in [-0.05, 0) is 23.8 Å². The molecule has 1 heterocycles. The van der Waals surface area contributed by atoms with E-state index in [1.54, 1.807) is 0 Å². The Kier molecular flexibility index (Phi) is 5.86. The number of amides is 2. The van der Waals surface area contributed by atoms with E-state index in [-0.39, 0.29) is 30.8 Å². The van der Waals surface area contributed by atoms with Gasteiger partial charge in [0, 0.05) is 25.8 Å². The highest BCUT2D eigenvalue weighted by atomic mass is 19.4. The van der Waals surface area contributed by atoms with Crippen LogP contribution in [0.3, 0.4) is 0 Å². The Balaban J connectivity index is 2.10. The van der Waals surface area contributed by atoms with Crippen LogP contribution in [-0.4, -0.2) is 54.2 Å². The number of aromatic carboxylic acids is 1. The molecule has 142 valence electrons. The first kappa shape index (κ1) is 19.7. The molecule has 26 heavy (non-hydrogen) atoms. The van der Waals surface area contributed by atoms with Gasteiger partial charge in [-0.25, -0.2) is 4.79 Å². The van der Waals surface area contributed by atoms with Crippen molar-refractivity contribution in [1.82, 2.24) is 4.90 Å². The monoisotopic (exact) mass is 374 g/mol. The number of anilines is 1. The summed E-state index contributed by atoms with van der Waals surface area (Å²) in [6, 6.07) is 4.10. The molecule has 2 rings (SSSR count). The predicted molar refractivity (Wildman–Crippen MR) is 83.5 cm³/mol. The minimum absolute atomic E-state index is 0.0731. The summed E-state index contributed by atoms with van der Waals surface area (Å²) >= 11 is 0. The van der Waals surface area contributed by atoms with E-state index in [1.165, 1.54) is 25.3 Å². The van der Waals surface area contributed by atoms with Gasteiger partial charge in [0.25, 0.3) is 0 Å². The number of hydrogen-bond donors (Lipinski definition) is 2. The Morgan fingerprint density at radius 2 is 2.04 bits per heavy atom. The molecular formula is C16H17F3N2O5. The minimum Gasteiger partial charge on any atom is -0.478 e. The first-order valence-electron chi connectivity index (χ1n) is 7.60. The lowest BCUT2D eigenvalue weighted by Gasteiger charge is -2.18. The average Bonchev–Trinajstić information content (AvgIpc) is 2.86. The minimum atomic E-state index is -4.54. The highest BCUT2D eigenvalue weighted by molar-refractivity contribution is 5.98. The molecule has 1 saturated heterocycles. The molecule has 1 aromatic carbocycles. The van der Waals surface area contributed by atoms with Gasteiger partial charge >= 0.3 is 12.1 Å². The maximum absolute atomic E-state index is 12.4. The molecule has 10 heteroatoms. The molecular weight excluding hydrogens is 357 g/mol. The Morgan fingerprint density at radius 3 is 2.62 bits per heavy atom. The van der Waals surface area contributed by atoms with Gasteiger partial charge in [-0.3, -0.25) is 9.59 Å². The number of likely N-dealkylation sites (tertiary alicyclic amines) is 1. The number of halogens is 3. The van der Waals surface area contributed by atoms with Gasteiger partial charge in [0.2, 0.25) is 11.8 Å². The number of carbonyl (C=O) groups is 3. The summed E-state index contributed by atoms with van der Waals surface area (Å²) in [4.78, 5) is 35.7. The Bertz CT molecular complexity index is 720. The van der Waals surface area contributed by atoms with Crippen LogP contribution in [0.25, 0.3) is 0 Å². The van der Waals surface area contributed by atoms with E-state index in [2.05, 4.69) is 5.32 Å². The molecule has 1 aliphatic rings. The summed E-state index contributed by atoms with van der Waals surface area (Å²) in [5.74, 6) is -3.54. The quantitative estimate of drug-likeness (QED) is 0.793. The topological polar surface area (TPSA) is 95.9 Å². The first-order chi connectivity index (χ1) is 12.1. The maximum Gasteiger partial charge on any atom is 0.406 e. The number of carboxylic acids is 1. The number of rotatable bonds is 6. The van der Waals surface area contributed by atoms with E-state index in [4.69, 9.17) is 9.84 Å². The smallest absolute Gasteiger partial charge is 0.406 e. The first-order valence-corrected chi connectivity index (χ1v) is 7.60. The van der Waals surface area contributed by atoms with E-state index >= 15 is 0 Å². The van der Waals surface area contributed by atoms with Gasteiger partial charge in [0.1, 0.15) is 6.54 Å². The van der Waals surface area contributed by atoms with Gasteiger partial charge in [-0.15, -0.1) is 0 Å². The second-order valence-electron chi connectivity index (χ2n) is 5.94. The van der Waals surface area contributed by atoms with Crippen molar-refractivity contribution in [2.45, 2.75) is 19.2 Å². The number of carbonyl (C=O) groups excluding carboxylic acids is 2. The van der Waals surface area contributed by atoms with Crippen molar-refractivity contribution in [2.24, 2.45) is 5.92 Å². The summed E-state index contributed by atoms with van der Waals surface area (Å²) in [5.41, 5.74) is 0.601. The van der Waals surface area contributed by atoms with Crippen LogP contribution in [0.5, 0.6) is 0 Å². The third-order valence-electron chi connectivity index (χ3n) is 3.77. The predicted octanol–water partition coefficient (Wildman–Crippen LogP) is 1.88. The lowest BCUT2D eigenvalue weighted by atomic mass is 10.1. The highest BCUT2D eigenvalue weighted by Crippen LogP contribution is 2.25. The van der Waals surface area contributed by atoms with Crippen molar-refractivity contribution in [2.75, 3.05) is 25.5 Å². The standard InChI is InChI=1S/C16H17F3N2O5/c1-26-7-9-2-10(15(24)25)4-12(3-9)20-14(23)11-5-13(22)21(6-11)8-16(17,18)19/h2-4,11H,5-8H2,1H3,(H,20,23)(H,24,25). The second kappa shape index (κ2) is 7.73. The molecule has 0 aromatic heterocycles. The van der Waals surface area contributed by atoms with Crippen LogP contribution < -0.4 is 5.32 Å². The molecule has 1 unspecified atom stereocenters. The van der Waals surface area contributed by atoms with Crippen molar-refractivity contribution in [3.63, 3.8) is 0 Å². The number of hydrogen-bond acceptors (Lipinski definition) is 4. The van der Waals surface area contributed by atoms with Crippen molar-refractivity contribution >= 4 is 23.5 Å². The summed E-state index contributed by atoms with van der Waals surface area (Å²) < 4.78 is 42.2. The number of nitrogens with zero attached hydrogens (tertiary/aromatic N) is 1. The van der Waals surface area contributed by atoms with Crippen LogP contribution in [0.1, 0.15) is 22.3 Å². The number of methoxy groups -OCH3 is 1. The largest absolute Gasteiger partial charge is 0.478 e. The van der Waals surface area contributed by atoms with Gasteiger partial charge in [-0.1, -0.05) is 0 Å². The number of carboxylic acid groups (broad SMARTS) is 1. The van der Waals surface area contributed by atoms with E-state index in [9.17, 15) is 27.6 Å². The SMILES string of the molecule is COCc1cc(NC(=O)C2CC(=O)N(CC(F)(F)F)C2)cc(C(=O)O)c1. The molecule has 7 nitrogen and oxygen atoms in total. The fraction of sp³-hybridized carbons (Fsp3) is 0.438. The second-order valence-corrected chi connectivity index (χ2v) is 5.94. The number of ether oxygens (including phenoxy) is 1. The summed E-state index contributed by atoms with van der Waals surface area (Å²) in [6.45, 7) is -1.62. The van der Waals surface area contributed by atoms with Gasteiger partial charge in [-0.2, -0.15) is 13.2 Å². The van der Waals surface area contributed by atoms with Crippen LogP contribution in [0.2, 0.25) is 0 Å². The van der Waals surface area contributed by atoms with Crippen LogP contribution in [0, 0.1) is 5.92 Å². The Labute approximate surface area is 146 Å². The zero-order valence-corrected chi connectivity index (χ0v) is 13.8. The molecule has 1 aromatic rings. The van der Waals surface area contributed by atoms with Gasteiger partial charge in [0.05, 0.1) is 18.1 Å². The van der Waals surface area contributed by atoms with E-state index in [0.717, 1.165) is 0 Å². The Hall–Kier alpha value is -2.62. The fourth-order valence-electron chi connectivity index (χ4n) is 2.70. The fourth-order valence-corrected chi connectivity index (χ4v) is 2.70. The van der Waals surface area contributed by atoms with Crippen LogP contribution in [0.4, 0.5) is 18.9 Å². The van der Waals surface area contributed by atoms with Crippen molar-refractivity contribution < 1.29 is 37.4 Å². The Morgan fingerprint density at radius 1 is 1.35 bits per heavy atom. The third kappa shape index (κ3) is 5.19. The van der Waals surface area contributed by atoms with Crippen molar-refractivity contribution in [1.29, 1.82) is 0 Å². The van der Waals surface area contributed by atoms with Gasteiger partial charge < -0.3 is 20.1 Å².